The predicted octanol–water partition coefficient (Wildman–Crippen LogP) is 6.17. The van der Waals surface area contributed by atoms with E-state index in [-0.39, 0.29) is 5.41 Å². The lowest BCUT2D eigenvalue weighted by Gasteiger charge is -2.53. The van der Waals surface area contributed by atoms with Gasteiger partial charge in [0.25, 0.3) is 0 Å². The van der Waals surface area contributed by atoms with Crippen LogP contribution in [-0.4, -0.2) is 38.0 Å². The maximum Gasteiger partial charge on any atom is 0.168 e. The monoisotopic (exact) mass is 448 g/mol. The number of hydrogen-bond donors (Lipinski definition) is 0. The van der Waals surface area contributed by atoms with Crippen molar-refractivity contribution in [2.45, 2.75) is 74.8 Å². The Morgan fingerprint density at radius 1 is 0.485 bits per heavy atom. The molecule has 2 aromatic rings. The minimum Gasteiger partial charge on any atom is -0.349 e. The van der Waals surface area contributed by atoms with E-state index in [0.29, 0.717) is 38.3 Å². The summed E-state index contributed by atoms with van der Waals surface area (Å²) in [5.74, 6) is 0.429. The Morgan fingerprint density at radius 3 is 1.15 bits per heavy atom. The SMILES string of the molecule is c1ccc(C2CCC3(CC2)OCC2(CO3)COC3(CCC(c4ccccc4)CC3)OC2)cc1. The standard InChI is InChI=1S/C29H36O4/c1-3-7-23(8-4-1)25-11-15-28(16-12-25)30-19-27(20-31-28)21-32-29(33-22-27)17-13-26(14-18-29)24-9-5-2-6-10-24/h1-10,25-26H,11-22H2. The maximum absolute atomic E-state index is 6.45. The summed E-state index contributed by atoms with van der Waals surface area (Å²) < 4.78 is 25.8. The summed E-state index contributed by atoms with van der Waals surface area (Å²) in [4.78, 5) is 0. The van der Waals surface area contributed by atoms with Crippen LogP contribution in [0.25, 0.3) is 0 Å². The normalized spacial score (nSPS) is 39.2. The van der Waals surface area contributed by atoms with Crippen LogP contribution < -0.4 is 0 Å². The van der Waals surface area contributed by atoms with E-state index >= 15 is 0 Å². The molecule has 4 nitrogen and oxygen atoms in total. The molecule has 33 heavy (non-hydrogen) atoms. The second kappa shape index (κ2) is 8.81. The zero-order chi connectivity index (χ0) is 22.2. The lowest BCUT2D eigenvalue weighted by molar-refractivity contribution is -0.376. The molecule has 6 rings (SSSR count). The van der Waals surface area contributed by atoms with Crippen molar-refractivity contribution >= 4 is 0 Å². The van der Waals surface area contributed by atoms with E-state index in [1.54, 1.807) is 0 Å². The number of hydrogen-bond acceptors (Lipinski definition) is 4. The van der Waals surface area contributed by atoms with Gasteiger partial charge >= 0.3 is 0 Å². The summed E-state index contributed by atoms with van der Waals surface area (Å²) >= 11 is 0. The number of rotatable bonds is 2. The molecule has 2 aliphatic heterocycles. The molecule has 0 atom stereocenters. The molecule has 4 fully saturated rings. The largest absolute Gasteiger partial charge is 0.349 e. The Labute approximate surface area is 197 Å². The van der Waals surface area contributed by atoms with Crippen LogP contribution >= 0.6 is 0 Å². The van der Waals surface area contributed by atoms with Gasteiger partial charge in [-0.15, -0.1) is 0 Å². The van der Waals surface area contributed by atoms with Crippen LogP contribution in [0.15, 0.2) is 60.7 Å². The first-order valence-corrected chi connectivity index (χ1v) is 12.8. The van der Waals surface area contributed by atoms with Gasteiger partial charge in [-0.05, 0) is 48.6 Å². The van der Waals surface area contributed by atoms with Crippen molar-refractivity contribution in [3.8, 4) is 0 Å². The third kappa shape index (κ3) is 4.39. The first-order chi connectivity index (χ1) is 16.2. The van der Waals surface area contributed by atoms with Crippen molar-refractivity contribution in [3.05, 3.63) is 71.8 Å². The molecular weight excluding hydrogens is 412 g/mol. The summed E-state index contributed by atoms with van der Waals surface area (Å²) in [7, 11) is 0. The highest BCUT2D eigenvalue weighted by molar-refractivity contribution is 5.21. The van der Waals surface area contributed by atoms with Crippen LogP contribution in [-0.2, 0) is 18.9 Å². The van der Waals surface area contributed by atoms with E-state index in [0.717, 1.165) is 51.4 Å². The average molecular weight is 449 g/mol. The lowest BCUT2D eigenvalue weighted by Crippen LogP contribution is -2.59. The third-order valence-corrected chi connectivity index (χ3v) is 8.60. The molecule has 2 saturated heterocycles. The Bertz CT molecular complexity index is 810. The van der Waals surface area contributed by atoms with E-state index in [1.165, 1.54) is 11.1 Å². The Kier molecular flexibility index (Phi) is 5.82. The quantitative estimate of drug-likeness (QED) is 0.550. The summed E-state index contributed by atoms with van der Waals surface area (Å²) in [6.45, 7) is 2.69. The fraction of sp³-hybridized carbons (Fsp3) is 0.586. The predicted molar refractivity (Wildman–Crippen MR) is 127 cm³/mol. The van der Waals surface area contributed by atoms with Gasteiger partial charge in [-0.2, -0.15) is 0 Å². The zero-order valence-corrected chi connectivity index (χ0v) is 19.5. The first-order valence-electron chi connectivity index (χ1n) is 12.8. The number of benzene rings is 2. The molecule has 0 N–H and O–H groups in total. The van der Waals surface area contributed by atoms with Crippen LogP contribution in [0.4, 0.5) is 0 Å². The van der Waals surface area contributed by atoms with Crippen molar-refractivity contribution in [2.75, 3.05) is 26.4 Å². The van der Waals surface area contributed by atoms with Gasteiger partial charge in [-0.25, -0.2) is 0 Å². The summed E-state index contributed by atoms with van der Waals surface area (Å²) in [6.07, 6.45) is 8.35. The molecule has 2 aliphatic carbocycles. The van der Waals surface area contributed by atoms with Gasteiger partial charge < -0.3 is 18.9 Å². The molecule has 2 saturated carbocycles. The third-order valence-electron chi connectivity index (χ3n) is 8.60. The molecule has 0 amide bonds. The summed E-state index contributed by atoms with van der Waals surface area (Å²) in [5.41, 5.74) is 2.73. The van der Waals surface area contributed by atoms with Crippen molar-refractivity contribution < 1.29 is 18.9 Å². The Hall–Kier alpha value is -1.72. The Morgan fingerprint density at radius 2 is 0.818 bits per heavy atom. The van der Waals surface area contributed by atoms with Crippen LogP contribution in [0.2, 0.25) is 0 Å². The van der Waals surface area contributed by atoms with E-state index in [9.17, 15) is 0 Å². The van der Waals surface area contributed by atoms with Gasteiger partial charge in [0.05, 0.1) is 31.8 Å². The smallest absolute Gasteiger partial charge is 0.168 e. The van der Waals surface area contributed by atoms with Crippen molar-refractivity contribution in [2.24, 2.45) is 5.41 Å². The maximum atomic E-state index is 6.45. The van der Waals surface area contributed by atoms with Crippen molar-refractivity contribution in [1.29, 1.82) is 0 Å². The summed E-state index contributed by atoms with van der Waals surface area (Å²) in [5, 5.41) is 0. The Balaban J connectivity index is 1.00. The minimum atomic E-state index is -0.403. The topological polar surface area (TPSA) is 36.9 Å². The molecule has 4 aliphatic rings. The van der Waals surface area contributed by atoms with E-state index in [2.05, 4.69) is 60.7 Å². The second-order valence-corrected chi connectivity index (χ2v) is 10.8. The molecule has 3 spiro atoms. The molecule has 0 bridgehead atoms. The molecule has 2 aromatic carbocycles. The van der Waals surface area contributed by atoms with Crippen LogP contribution in [0, 0.1) is 5.41 Å². The van der Waals surface area contributed by atoms with E-state index < -0.39 is 11.6 Å². The van der Waals surface area contributed by atoms with Crippen molar-refractivity contribution in [1.82, 2.24) is 0 Å². The average Bonchev–Trinajstić information content (AvgIpc) is 2.90. The van der Waals surface area contributed by atoms with Gasteiger partial charge in [-0.1, -0.05) is 60.7 Å². The summed E-state index contributed by atoms with van der Waals surface area (Å²) in [6, 6.07) is 21.7. The van der Waals surface area contributed by atoms with E-state index in [4.69, 9.17) is 18.9 Å². The highest BCUT2D eigenvalue weighted by Gasteiger charge is 2.52. The molecular formula is C29H36O4. The molecule has 4 heteroatoms. The zero-order valence-electron chi connectivity index (χ0n) is 19.5. The highest BCUT2D eigenvalue weighted by atomic mass is 16.7. The van der Waals surface area contributed by atoms with Crippen LogP contribution in [0.3, 0.4) is 0 Å². The molecule has 176 valence electrons. The second-order valence-electron chi connectivity index (χ2n) is 10.8. The fourth-order valence-electron chi connectivity index (χ4n) is 6.28. The molecule has 0 aromatic heterocycles. The van der Waals surface area contributed by atoms with Gasteiger partial charge in [0.1, 0.15) is 0 Å². The van der Waals surface area contributed by atoms with Gasteiger partial charge in [0, 0.05) is 25.7 Å². The lowest BCUT2D eigenvalue weighted by atomic mass is 9.79. The minimum absolute atomic E-state index is 0.164. The van der Waals surface area contributed by atoms with Gasteiger partial charge in [0.15, 0.2) is 11.6 Å². The first kappa shape index (κ1) is 21.8. The van der Waals surface area contributed by atoms with Crippen LogP contribution in [0.5, 0.6) is 0 Å². The fourth-order valence-corrected chi connectivity index (χ4v) is 6.28. The number of ether oxygens (including phenoxy) is 4. The van der Waals surface area contributed by atoms with Crippen molar-refractivity contribution in [3.63, 3.8) is 0 Å². The van der Waals surface area contributed by atoms with Gasteiger partial charge in [0.2, 0.25) is 0 Å². The molecule has 2 heterocycles. The van der Waals surface area contributed by atoms with Crippen LogP contribution in [0.1, 0.15) is 74.3 Å². The highest BCUT2D eigenvalue weighted by Crippen LogP contribution is 2.48. The molecule has 0 radical (unpaired) electrons. The molecule has 0 unspecified atom stereocenters. The van der Waals surface area contributed by atoms with Gasteiger partial charge in [-0.3, -0.25) is 0 Å². The van der Waals surface area contributed by atoms with E-state index in [1.807, 2.05) is 0 Å².